The van der Waals surface area contributed by atoms with Crippen LogP contribution >= 0.6 is 0 Å². The first-order valence-corrected chi connectivity index (χ1v) is 7.74. The molecule has 0 bridgehead atoms. The van der Waals surface area contributed by atoms with Crippen LogP contribution in [0.25, 0.3) is 0 Å². The Morgan fingerprint density at radius 2 is 1.90 bits per heavy atom. The molecule has 1 saturated heterocycles. The lowest BCUT2D eigenvalue weighted by Gasteiger charge is -2.38. The number of nitrogens with one attached hydrogen (secondary N) is 1. The summed E-state index contributed by atoms with van der Waals surface area (Å²) in [6.45, 7) is 10.2. The Hall–Kier alpha value is -1.06. The third-order valence-corrected chi connectivity index (χ3v) is 4.04. The average molecular weight is 276 g/mol. The monoisotopic (exact) mass is 276 g/mol. The first-order chi connectivity index (χ1) is 9.48. The zero-order valence-corrected chi connectivity index (χ0v) is 13.0. The number of aliphatic hydroxyl groups is 1. The highest BCUT2D eigenvalue weighted by atomic mass is 16.3. The van der Waals surface area contributed by atoms with E-state index in [1.807, 2.05) is 6.92 Å². The molecule has 1 aromatic rings. The van der Waals surface area contributed by atoms with Gasteiger partial charge in [-0.25, -0.2) is 0 Å². The highest BCUT2D eigenvalue weighted by Gasteiger charge is 2.27. The van der Waals surface area contributed by atoms with Crippen LogP contribution in [0.3, 0.4) is 0 Å². The molecular formula is C17H28N2O. The topological polar surface area (TPSA) is 35.5 Å². The number of rotatable bonds is 5. The van der Waals surface area contributed by atoms with E-state index in [2.05, 4.69) is 48.3 Å². The molecule has 0 saturated carbocycles. The van der Waals surface area contributed by atoms with Crippen LogP contribution in [0.5, 0.6) is 0 Å². The van der Waals surface area contributed by atoms with Gasteiger partial charge < -0.3 is 15.3 Å². The standard InChI is InChI=1S/C17H28N2O/c1-14(2)12-18-13-15-6-4-5-7-16(15)19-10-8-17(3,20)9-11-19/h4-7,14,18,20H,8-13H2,1-3H3. The molecule has 1 aliphatic heterocycles. The zero-order valence-electron chi connectivity index (χ0n) is 13.0. The van der Waals surface area contributed by atoms with Crippen molar-refractivity contribution in [1.29, 1.82) is 0 Å². The maximum absolute atomic E-state index is 10.1. The summed E-state index contributed by atoms with van der Waals surface area (Å²) < 4.78 is 0. The van der Waals surface area contributed by atoms with Gasteiger partial charge in [0.1, 0.15) is 0 Å². The van der Waals surface area contributed by atoms with Gasteiger partial charge in [-0.15, -0.1) is 0 Å². The molecule has 0 aliphatic carbocycles. The third-order valence-electron chi connectivity index (χ3n) is 4.04. The lowest BCUT2D eigenvalue weighted by atomic mass is 9.93. The Morgan fingerprint density at radius 3 is 2.55 bits per heavy atom. The third kappa shape index (κ3) is 4.22. The molecule has 0 aromatic heterocycles. The second-order valence-electron chi connectivity index (χ2n) is 6.64. The summed E-state index contributed by atoms with van der Waals surface area (Å²) in [5.74, 6) is 0.673. The van der Waals surface area contributed by atoms with Gasteiger partial charge in [-0.3, -0.25) is 0 Å². The van der Waals surface area contributed by atoms with Crippen LogP contribution in [0, 0.1) is 5.92 Å². The van der Waals surface area contributed by atoms with Crippen molar-refractivity contribution in [3.8, 4) is 0 Å². The summed E-state index contributed by atoms with van der Waals surface area (Å²) in [5.41, 5.74) is 2.19. The van der Waals surface area contributed by atoms with Crippen LogP contribution in [0.2, 0.25) is 0 Å². The highest BCUT2D eigenvalue weighted by molar-refractivity contribution is 5.54. The zero-order chi connectivity index (χ0) is 14.6. The van der Waals surface area contributed by atoms with Gasteiger partial charge in [0.15, 0.2) is 0 Å². The maximum atomic E-state index is 10.1. The predicted octanol–water partition coefficient (Wildman–Crippen LogP) is 2.78. The molecule has 1 heterocycles. The van der Waals surface area contributed by atoms with Gasteiger partial charge in [-0.05, 0) is 43.9 Å². The molecule has 0 spiro atoms. The number of hydrogen-bond acceptors (Lipinski definition) is 3. The fraction of sp³-hybridized carbons (Fsp3) is 0.647. The van der Waals surface area contributed by atoms with Crippen molar-refractivity contribution in [1.82, 2.24) is 5.32 Å². The van der Waals surface area contributed by atoms with Crippen molar-refractivity contribution < 1.29 is 5.11 Å². The smallest absolute Gasteiger partial charge is 0.0653 e. The molecule has 3 nitrogen and oxygen atoms in total. The molecule has 20 heavy (non-hydrogen) atoms. The van der Waals surface area contributed by atoms with E-state index >= 15 is 0 Å². The van der Waals surface area contributed by atoms with E-state index in [1.54, 1.807) is 0 Å². The van der Waals surface area contributed by atoms with Crippen molar-refractivity contribution in [2.24, 2.45) is 5.92 Å². The summed E-state index contributed by atoms with van der Waals surface area (Å²) in [5, 5.41) is 13.6. The van der Waals surface area contributed by atoms with Gasteiger partial charge >= 0.3 is 0 Å². The number of benzene rings is 1. The second kappa shape index (κ2) is 6.59. The number of piperidine rings is 1. The first kappa shape index (κ1) is 15.3. The van der Waals surface area contributed by atoms with E-state index in [0.29, 0.717) is 5.92 Å². The normalized spacial score (nSPS) is 18.6. The maximum Gasteiger partial charge on any atom is 0.0653 e. The van der Waals surface area contributed by atoms with Crippen molar-refractivity contribution in [3.63, 3.8) is 0 Å². The molecule has 112 valence electrons. The Balaban J connectivity index is 2.01. The Kier molecular flexibility index (Phi) is 5.06. The minimum absolute atomic E-state index is 0.485. The predicted molar refractivity (Wildman–Crippen MR) is 85.1 cm³/mol. The SMILES string of the molecule is CC(C)CNCc1ccccc1N1CCC(C)(O)CC1. The van der Waals surface area contributed by atoms with E-state index < -0.39 is 5.60 Å². The molecule has 1 aromatic carbocycles. The Bertz CT molecular complexity index is 419. The van der Waals surface area contributed by atoms with Gasteiger partial charge in [0.25, 0.3) is 0 Å². The summed E-state index contributed by atoms with van der Waals surface area (Å²) in [4.78, 5) is 2.41. The quantitative estimate of drug-likeness (QED) is 0.868. The molecule has 2 N–H and O–H groups in total. The Morgan fingerprint density at radius 1 is 1.25 bits per heavy atom. The van der Waals surface area contributed by atoms with Crippen LogP contribution in [-0.4, -0.2) is 30.3 Å². The molecule has 3 heteroatoms. The summed E-state index contributed by atoms with van der Waals surface area (Å²) in [6, 6.07) is 8.62. The molecule has 2 rings (SSSR count). The van der Waals surface area contributed by atoms with Crippen LogP contribution in [-0.2, 0) is 6.54 Å². The lowest BCUT2D eigenvalue weighted by molar-refractivity contribution is 0.0351. The molecule has 0 unspecified atom stereocenters. The molecule has 0 radical (unpaired) electrons. The van der Waals surface area contributed by atoms with Crippen molar-refractivity contribution in [3.05, 3.63) is 29.8 Å². The first-order valence-electron chi connectivity index (χ1n) is 7.74. The number of hydrogen-bond donors (Lipinski definition) is 2. The molecular weight excluding hydrogens is 248 g/mol. The van der Waals surface area contributed by atoms with Gasteiger partial charge in [-0.1, -0.05) is 32.0 Å². The van der Waals surface area contributed by atoms with Crippen molar-refractivity contribution in [2.75, 3.05) is 24.5 Å². The van der Waals surface area contributed by atoms with Crippen LogP contribution < -0.4 is 10.2 Å². The molecule has 0 amide bonds. The van der Waals surface area contributed by atoms with Gasteiger partial charge in [0, 0.05) is 25.3 Å². The highest BCUT2D eigenvalue weighted by Crippen LogP contribution is 2.28. The number of anilines is 1. The lowest BCUT2D eigenvalue weighted by Crippen LogP contribution is -2.42. The summed E-state index contributed by atoms with van der Waals surface area (Å²) >= 11 is 0. The van der Waals surface area contributed by atoms with E-state index in [0.717, 1.165) is 39.0 Å². The number of nitrogens with zero attached hydrogens (tertiary/aromatic N) is 1. The van der Waals surface area contributed by atoms with Gasteiger partial charge in [0.2, 0.25) is 0 Å². The largest absolute Gasteiger partial charge is 0.390 e. The fourth-order valence-corrected chi connectivity index (χ4v) is 2.69. The Labute approximate surface area is 123 Å². The minimum Gasteiger partial charge on any atom is -0.390 e. The summed E-state index contributed by atoms with van der Waals surface area (Å²) in [7, 11) is 0. The van der Waals surface area contributed by atoms with Gasteiger partial charge in [-0.2, -0.15) is 0 Å². The van der Waals surface area contributed by atoms with Crippen molar-refractivity contribution >= 4 is 5.69 Å². The van der Waals surface area contributed by atoms with E-state index in [9.17, 15) is 5.11 Å². The van der Waals surface area contributed by atoms with E-state index in [-0.39, 0.29) is 0 Å². The summed E-state index contributed by atoms with van der Waals surface area (Å²) in [6.07, 6.45) is 1.70. The van der Waals surface area contributed by atoms with E-state index in [1.165, 1.54) is 11.3 Å². The molecule has 1 aliphatic rings. The number of para-hydroxylation sites is 1. The second-order valence-corrected chi connectivity index (χ2v) is 6.64. The minimum atomic E-state index is -0.485. The van der Waals surface area contributed by atoms with Crippen LogP contribution in [0.4, 0.5) is 5.69 Å². The van der Waals surface area contributed by atoms with Crippen molar-refractivity contribution in [2.45, 2.75) is 45.8 Å². The molecule has 0 atom stereocenters. The molecule has 1 fully saturated rings. The van der Waals surface area contributed by atoms with Crippen LogP contribution in [0.15, 0.2) is 24.3 Å². The van der Waals surface area contributed by atoms with Gasteiger partial charge in [0.05, 0.1) is 5.60 Å². The van der Waals surface area contributed by atoms with Crippen LogP contribution in [0.1, 0.15) is 39.2 Å². The fourth-order valence-electron chi connectivity index (χ4n) is 2.69. The average Bonchev–Trinajstić information content (AvgIpc) is 2.39. The van der Waals surface area contributed by atoms with E-state index in [4.69, 9.17) is 0 Å².